The van der Waals surface area contributed by atoms with Crippen molar-refractivity contribution in [3.63, 3.8) is 0 Å². The van der Waals surface area contributed by atoms with Gasteiger partial charge in [0.1, 0.15) is 13.6 Å². The van der Waals surface area contributed by atoms with E-state index in [1.165, 1.54) is 5.56 Å². The van der Waals surface area contributed by atoms with Crippen LogP contribution in [-0.4, -0.2) is 26.6 Å². The molecule has 0 saturated carbocycles. The Labute approximate surface area is 165 Å². The first-order valence-corrected chi connectivity index (χ1v) is 9.89. The molecule has 0 aliphatic rings. The fourth-order valence-electron chi connectivity index (χ4n) is 2.64. The summed E-state index contributed by atoms with van der Waals surface area (Å²) in [6, 6.07) is 22.9. The van der Waals surface area contributed by atoms with Gasteiger partial charge in [-0.1, -0.05) is 47.9 Å². The van der Waals surface area contributed by atoms with E-state index in [0.29, 0.717) is 23.3 Å². The van der Waals surface area contributed by atoms with E-state index < -0.39 is 0 Å². The number of thioether (sulfide) groups is 1. The first-order valence-electron chi connectivity index (χ1n) is 8.67. The Morgan fingerprint density at radius 3 is 2.48 bits per heavy atom. The molecule has 3 rings (SSSR count). The zero-order chi connectivity index (χ0) is 19.1. The number of anilines is 1. The minimum Gasteiger partial charge on any atom is -0.493 e. The Balaban J connectivity index is 1.55. The van der Waals surface area contributed by atoms with E-state index in [1.807, 2.05) is 60.9 Å². The van der Waals surface area contributed by atoms with Crippen LogP contribution in [0.15, 0.2) is 77.7 Å². The summed E-state index contributed by atoms with van der Waals surface area (Å²) in [5, 5.41) is 2.89. The van der Waals surface area contributed by atoms with Crippen LogP contribution in [0, 0.1) is 0 Å². The summed E-state index contributed by atoms with van der Waals surface area (Å²) in [5.74, 6) is 0.591. The molecule has 3 nitrogen and oxygen atoms in total. The molecule has 0 bridgehead atoms. The molecule has 134 valence electrons. The predicted molar refractivity (Wildman–Crippen MR) is 114 cm³/mol. The second kappa shape index (κ2) is 9.33. The van der Waals surface area contributed by atoms with Crippen molar-refractivity contribution in [3.05, 3.63) is 83.9 Å². The average molecular weight is 373 g/mol. The van der Waals surface area contributed by atoms with Crippen LogP contribution in [0.4, 0.5) is 5.69 Å². The van der Waals surface area contributed by atoms with E-state index in [0.717, 1.165) is 17.1 Å². The molecular formula is C22H20BNO2S. The molecule has 0 aliphatic heterocycles. The van der Waals surface area contributed by atoms with Gasteiger partial charge in [0.2, 0.25) is 0 Å². The second-order valence-corrected chi connectivity index (χ2v) is 6.94. The largest absolute Gasteiger partial charge is 0.493 e. The van der Waals surface area contributed by atoms with Gasteiger partial charge in [-0.05, 0) is 42.2 Å². The van der Waals surface area contributed by atoms with Crippen molar-refractivity contribution in [2.75, 3.05) is 18.2 Å². The van der Waals surface area contributed by atoms with Gasteiger partial charge in [0, 0.05) is 22.6 Å². The third-order valence-corrected chi connectivity index (χ3v) is 4.75. The highest BCUT2D eigenvalue weighted by Gasteiger charge is 2.08. The van der Waals surface area contributed by atoms with E-state index in [2.05, 4.69) is 17.4 Å². The number of hydrogen-bond donors (Lipinski definition) is 1. The van der Waals surface area contributed by atoms with E-state index in [-0.39, 0.29) is 5.91 Å². The lowest BCUT2D eigenvalue weighted by Gasteiger charge is -2.10. The minimum atomic E-state index is -0.185. The number of hydrogen-bond acceptors (Lipinski definition) is 3. The average Bonchev–Trinajstić information content (AvgIpc) is 2.69. The number of carbonyl (C=O) groups is 1. The van der Waals surface area contributed by atoms with Crippen LogP contribution in [-0.2, 0) is 6.42 Å². The Morgan fingerprint density at radius 2 is 1.78 bits per heavy atom. The Bertz CT molecular complexity index is 898. The molecule has 0 heterocycles. The Morgan fingerprint density at radius 1 is 1.04 bits per heavy atom. The molecule has 3 aromatic carbocycles. The van der Waals surface area contributed by atoms with Crippen LogP contribution in [0.5, 0.6) is 5.75 Å². The summed E-state index contributed by atoms with van der Waals surface area (Å²) in [7, 11) is 5.86. The van der Waals surface area contributed by atoms with Gasteiger partial charge in [0.15, 0.2) is 0 Å². The molecule has 1 amide bonds. The van der Waals surface area contributed by atoms with Crippen LogP contribution in [0.1, 0.15) is 15.9 Å². The summed E-state index contributed by atoms with van der Waals surface area (Å²) >= 11 is 1.55. The van der Waals surface area contributed by atoms with Gasteiger partial charge in [-0.3, -0.25) is 4.79 Å². The van der Waals surface area contributed by atoms with E-state index in [9.17, 15) is 4.79 Å². The van der Waals surface area contributed by atoms with Gasteiger partial charge >= 0.3 is 0 Å². The molecule has 0 fully saturated rings. The predicted octanol–water partition coefficient (Wildman–Crippen LogP) is 4.08. The molecule has 0 aliphatic carbocycles. The summed E-state index contributed by atoms with van der Waals surface area (Å²) in [6.45, 7) is 0.608. The van der Waals surface area contributed by atoms with E-state index in [1.54, 1.807) is 17.8 Å². The summed E-state index contributed by atoms with van der Waals surface area (Å²) in [5.41, 5.74) is 3.08. The van der Waals surface area contributed by atoms with Crippen molar-refractivity contribution >= 4 is 36.7 Å². The number of benzene rings is 3. The Hall–Kier alpha value is -2.66. The topological polar surface area (TPSA) is 38.3 Å². The molecular weight excluding hydrogens is 353 g/mol. The van der Waals surface area contributed by atoms with Gasteiger partial charge in [0.05, 0.1) is 6.61 Å². The quantitative estimate of drug-likeness (QED) is 0.501. The van der Waals surface area contributed by atoms with Crippen LogP contribution in [0.3, 0.4) is 0 Å². The first kappa shape index (κ1) is 19.1. The maximum absolute atomic E-state index is 12.4. The standard InChI is InChI=1S/C22H20BNO2S/c1-27-21-14-17(13-18(23)15-21)22(25)24-19-7-9-20(10-8-19)26-12-11-16-5-3-2-4-6-16/h2-10,13-15H,11-12H2,1H3,(H,24,25). The smallest absolute Gasteiger partial charge is 0.255 e. The first-order chi connectivity index (χ1) is 13.1. The third-order valence-electron chi connectivity index (χ3n) is 4.04. The maximum atomic E-state index is 12.4. The van der Waals surface area contributed by atoms with Crippen LogP contribution in [0.2, 0.25) is 0 Å². The number of carbonyl (C=O) groups excluding carboxylic acids is 1. The third kappa shape index (κ3) is 5.66. The van der Waals surface area contributed by atoms with Crippen molar-refractivity contribution < 1.29 is 9.53 Å². The van der Waals surface area contributed by atoms with E-state index >= 15 is 0 Å². The summed E-state index contributed by atoms with van der Waals surface area (Å²) < 4.78 is 5.77. The molecule has 0 spiro atoms. The second-order valence-electron chi connectivity index (χ2n) is 6.06. The molecule has 1 N–H and O–H groups in total. The zero-order valence-corrected chi connectivity index (χ0v) is 16.0. The molecule has 3 aromatic rings. The molecule has 27 heavy (non-hydrogen) atoms. The van der Waals surface area contributed by atoms with Gasteiger partial charge in [-0.2, -0.15) is 0 Å². The number of nitrogens with one attached hydrogen (secondary N) is 1. The fraction of sp³-hybridized carbons (Fsp3) is 0.136. The number of ether oxygens (including phenoxy) is 1. The molecule has 0 atom stereocenters. The van der Waals surface area contributed by atoms with Crippen molar-refractivity contribution in [3.8, 4) is 5.75 Å². The van der Waals surface area contributed by atoms with Crippen LogP contribution < -0.4 is 15.5 Å². The minimum absolute atomic E-state index is 0.185. The monoisotopic (exact) mass is 373 g/mol. The zero-order valence-electron chi connectivity index (χ0n) is 15.1. The van der Waals surface area contributed by atoms with E-state index in [4.69, 9.17) is 12.6 Å². The normalized spacial score (nSPS) is 10.4. The number of rotatable bonds is 7. The van der Waals surface area contributed by atoms with Gasteiger partial charge < -0.3 is 10.1 Å². The molecule has 0 saturated heterocycles. The maximum Gasteiger partial charge on any atom is 0.255 e. The Kier molecular flexibility index (Phi) is 6.61. The SMILES string of the molecule is [B]c1cc(SC)cc(C(=O)Nc2ccc(OCCc3ccccc3)cc2)c1. The summed E-state index contributed by atoms with van der Waals surface area (Å²) in [4.78, 5) is 13.4. The van der Waals surface area contributed by atoms with Crippen molar-refractivity contribution in [2.45, 2.75) is 11.3 Å². The molecule has 0 unspecified atom stereocenters. The summed E-state index contributed by atoms with van der Waals surface area (Å²) in [6.07, 6.45) is 2.81. The lowest BCUT2D eigenvalue weighted by molar-refractivity contribution is 0.102. The van der Waals surface area contributed by atoms with Crippen molar-refractivity contribution in [2.24, 2.45) is 0 Å². The lowest BCUT2D eigenvalue weighted by Crippen LogP contribution is -2.15. The van der Waals surface area contributed by atoms with Crippen LogP contribution in [0.25, 0.3) is 0 Å². The molecule has 5 heteroatoms. The van der Waals surface area contributed by atoms with Crippen molar-refractivity contribution in [1.82, 2.24) is 0 Å². The van der Waals surface area contributed by atoms with Gasteiger partial charge in [-0.25, -0.2) is 0 Å². The highest BCUT2D eigenvalue weighted by Crippen LogP contribution is 2.18. The lowest BCUT2D eigenvalue weighted by atomic mass is 9.94. The number of amides is 1. The van der Waals surface area contributed by atoms with Gasteiger partial charge in [-0.15, -0.1) is 11.8 Å². The highest BCUT2D eigenvalue weighted by molar-refractivity contribution is 7.98. The van der Waals surface area contributed by atoms with Crippen molar-refractivity contribution in [1.29, 1.82) is 0 Å². The molecule has 0 aromatic heterocycles. The highest BCUT2D eigenvalue weighted by atomic mass is 32.2. The fourth-order valence-corrected chi connectivity index (χ4v) is 3.14. The molecule has 2 radical (unpaired) electrons. The van der Waals surface area contributed by atoms with Gasteiger partial charge in [0.25, 0.3) is 5.91 Å². The van der Waals surface area contributed by atoms with Crippen LogP contribution >= 0.6 is 11.8 Å².